The number of carbonyl (C=O) groups excluding carboxylic acids is 3. The van der Waals surface area contributed by atoms with Crippen molar-refractivity contribution in [2.75, 3.05) is 13.2 Å². The fourth-order valence-corrected chi connectivity index (χ4v) is 9.36. The molecule has 0 aromatic heterocycles. The van der Waals surface area contributed by atoms with Crippen molar-refractivity contribution in [1.82, 2.24) is 0 Å². The maximum absolute atomic E-state index is 12.9. The molecule has 0 aliphatic heterocycles. The lowest BCUT2D eigenvalue weighted by Crippen LogP contribution is -2.30. The molecule has 1 unspecified atom stereocenters. The third kappa shape index (κ3) is 63.2. The summed E-state index contributed by atoms with van der Waals surface area (Å²) in [4.78, 5) is 38.3. The summed E-state index contributed by atoms with van der Waals surface area (Å²) in [5.41, 5.74) is 0. The van der Waals surface area contributed by atoms with Gasteiger partial charge in [-0.25, -0.2) is 0 Å². The Morgan fingerprint density at radius 3 is 0.782 bits per heavy atom. The first-order valence-electron chi connectivity index (χ1n) is 33.2. The minimum absolute atomic E-state index is 0.0804. The Hall–Kier alpha value is -3.67. The van der Waals surface area contributed by atoms with Crippen LogP contribution in [-0.4, -0.2) is 37.2 Å². The van der Waals surface area contributed by atoms with Crippen molar-refractivity contribution in [3.8, 4) is 0 Å². The summed E-state index contributed by atoms with van der Waals surface area (Å²) in [6, 6.07) is 0. The van der Waals surface area contributed by atoms with Gasteiger partial charge in [0.25, 0.3) is 0 Å². The Balaban J connectivity index is 4.33. The van der Waals surface area contributed by atoms with E-state index >= 15 is 0 Å². The second-order valence-electron chi connectivity index (χ2n) is 22.0. The molecule has 448 valence electrons. The first kappa shape index (κ1) is 74.3. The van der Waals surface area contributed by atoms with Crippen molar-refractivity contribution < 1.29 is 28.6 Å². The van der Waals surface area contributed by atoms with Gasteiger partial charge in [0.2, 0.25) is 0 Å². The molecule has 1 atom stereocenters. The summed E-state index contributed by atoms with van der Waals surface area (Å²) >= 11 is 0. The van der Waals surface area contributed by atoms with Crippen LogP contribution in [0.2, 0.25) is 0 Å². The van der Waals surface area contributed by atoms with Crippen molar-refractivity contribution in [3.63, 3.8) is 0 Å². The second kappa shape index (κ2) is 65.8. The molecule has 0 spiro atoms. The molecule has 0 aliphatic carbocycles. The predicted octanol–water partition coefficient (Wildman–Crippen LogP) is 22.8. The van der Waals surface area contributed by atoms with E-state index in [2.05, 4.69) is 118 Å². The average Bonchev–Trinajstić information content (AvgIpc) is 3.44. The topological polar surface area (TPSA) is 78.9 Å². The van der Waals surface area contributed by atoms with Gasteiger partial charge in [-0.15, -0.1) is 0 Å². The van der Waals surface area contributed by atoms with Gasteiger partial charge >= 0.3 is 17.9 Å². The Bertz CT molecular complexity index is 1530. The lowest BCUT2D eigenvalue weighted by atomic mass is 10.0. The molecule has 0 saturated carbocycles. The highest BCUT2D eigenvalue weighted by molar-refractivity contribution is 5.71. The number of rotatable bonds is 60. The molecule has 6 heteroatoms. The standard InChI is InChI=1S/C72H124O6/c1-4-7-10-13-16-19-22-25-27-29-31-33-35-36-38-39-41-43-45-47-50-53-56-59-62-65-71(74)77-68-69(67-76-70(73)64-61-58-55-52-49-24-21-18-15-12-9-6-3)78-72(75)66-63-60-57-54-51-48-46-44-42-40-37-34-32-30-28-26-23-20-17-14-11-8-5-2/h7,10,16,19,23,25-27,30-33,36,38,41,43,69H,4-6,8-9,11-15,17-18,20-22,24,28-29,34-35,37,39-40,42,44-68H2,1-3H3/b10-7-,19-16-,26-23-,27-25-,32-30-,33-31-,38-36-,43-41-. The van der Waals surface area contributed by atoms with E-state index in [-0.39, 0.29) is 31.1 Å². The molecule has 78 heavy (non-hydrogen) atoms. The monoisotopic (exact) mass is 1080 g/mol. The van der Waals surface area contributed by atoms with Gasteiger partial charge in [-0.05, 0) is 103 Å². The molecule has 0 N–H and O–H groups in total. The van der Waals surface area contributed by atoms with Gasteiger partial charge in [-0.1, -0.05) is 298 Å². The van der Waals surface area contributed by atoms with Crippen molar-refractivity contribution in [2.45, 2.75) is 329 Å². The van der Waals surface area contributed by atoms with Gasteiger partial charge in [-0.2, -0.15) is 0 Å². The number of hydrogen-bond acceptors (Lipinski definition) is 6. The molecule has 0 radical (unpaired) electrons. The van der Waals surface area contributed by atoms with Gasteiger partial charge < -0.3 is 14.2 Å². The Morgan fingerprint density at radius 1 is 0.269 bits per heavy atom. The molecule has 0 aromatic carbocycles. The fourth-order valence-electron chi connectivity index (χ4n) is 9.36. The average molecular weight is 1090 g/mol. The molecule has 0 saturated heterocycles. The van der Waals surface area contributed by atoms with Crippen LogP contribution < -0.4 is 0 Å². The highest BCUT2D eigenvalue weighted by Gasteiger charge is 2.19. The summed E-state index contributed by atoms with van der Waals surface area (Å²) in [5, 5.41) is 0. The molecule has 6 nitrogen and oxygen atoms in total. The van der Waals surface area contributed by atoms with Crippen LogP contribution in [0.3, 0.4) is 0 Å². The third-order valence-electron chi connectivity index (χ3n) is 14.3. The first-order chi connectivity index (χ1) is 38.5. The molecule has 0 amide bonds. The molecular weight excluding hydrogens is 961 g/mol. The minimum atomic E-state index is -0.785. The highest BCUT2D eigenvalue weighted by atomic mass is 16.6. The second-order valence-corrected chi connectivity index (χ2v) is 22.0. The van der Waals surface area contributed by atoms with Crippen LogP contribution in [0, 0.1) is 0 Å². The van der Waals surface area contributed by atoms with Crippen LogP contribution in [0.5, 0.6) is 0 Å². The van der Waals surface area contributed by atoms with Crippen molar-refractivity contribution in [1.29, 1.82) is 0 Å². The zero-order chi connectivity index (χ0) is 56.4. The molecule has 0 fully saturated rings. The Labute approximate surface area is 483 Å². The normalized spacial score (nSPS) is 12.7. The highest BCUT2D eigenvalue weighted by Crippen LogP contribution is 2.16. The van der Waals surface area contributed by atoms with Crippen molar-refractivity contribution >= 4 is 17.9 Å². The van der Waals surface area contributed by atoms with E-state index in [1.54, 1.807) is 0 Å². The molecule has 0 rings (SSSR count). The number of carbonyl (C=O) groups is 3. The quantitative estimate of drug-likeness (QED) is 0.0261. The van der Waals surface area contributed by atoms with E-state index in [0.29, 0.717) is 19.3 Å². The number of ether oxygens (including phenoxy) is 3. The van der Waals surface area contributed by atoms with E-state index in [1.807, 2.05) is 0 Å². The lowest BCUT2D eigenvalue weighted by Gasteiger charge is -2.18. The first-order valence-corrected chi connectivity index (χ1v) is 33.2. The van der Waals surface area contributed by atoms with E-state index in [4.69, 9.17) is 14.2 Å². The van der Waals surface area contributed by atoms with Crippen LogP contribution in [0.25, 0.3) is 0 Å². The molecule has 0 aromatic rings. The fraction of sp³-hybridized carbons (Fsp3) is 0.736. The Morgan fingerprint density at radius 2 is 0.500 bits per heavy atom. The van der Waals surface area contributed by atoms with Gasteiger partial charge in [0, 0.05) is 19.3 Å². The maximum atomic E-state index is 12.9. The van der Waals surface area contributed by atoms with E-state index in [0.717, 1.165) is 116 Å². The SMILES string of the molecule is CC/C=C\C/C=C\C/C=C\C/C=C\C/C=C\C/C=C\CCCCCCCCC(=O)OCC(COC(=O)CCCCCCCCCCCCCC)OC(=O)CCCCCCCCCCCCC/C=C\C/C=C\CCCCCCC. The molecule has 0 aliphatic rings. The van der Waals surface area contributed by atoms with Crippen LogP contribution >= 0.6 is 0 Å². The summed E-state index contributed by atoms with van der Waals surface area (Å²) in [6.45, 7) is 6.53. The van der Waals surface area contributed by atoms with Gasteiger partial charge in [-0.3, -0.25) is 14.4 Å². The summed E-state index contributed by atoms with van der Waals surface area (Å²) in [7, 11) is 0. The maximum Gasteiger partial charge on any atom is 0.306 e. The van der Waals surface area contributed by atoms with Crippen LogP contribution in [0.1, 0.15) is 323 Å². The molecular formula is C72H124O6. The molecule has 0 heterocycles. The van der Waals surface area contributed by atoms with Crippen LogP contribution in [-0.2, 0) is 28.6 Å². The van der Waals surface area contributed by atoms with E-state index < -0.39 is 6.10 Å². The van der Waals surface area contributed by atoms with Gasteiger partial charge in [0.1, 0.15) is 13.2 Å². The minimum Gasteiger partial charge on any atom is -0.462 e. The largest absolute Gasteiger partial charge is 0.462 e. The number of allylic oxidation sites excluding steroid dienone is 16. The summed E-state index contributed by atoms with van der Waals surface area (Å²) in [5.74, 6) is -0.886. The van der Waals surface area contributed by atoms with E-state index in [9.17, 15) is 14.4 Å². The lowest BCUT2D eigenvalue weighted by molar-refractivity contribution is -0.167. The van der Waals surface area contributed by atoms with Crippen molar-refractivity contribution in [3.05, 3.63) is 97.2 Å². The smallest absolute Gasteiger partial charge is 0.306 e. The summed E-state index contributed by atoms with van der Waals surface area (Å²) < 4.78 is 16.9. The number of esters is 3. The van der Waals surface area contributed by atoms with Crippen LogP contribution in [0.4, 0.5) is 0 Å². The van der Waals surface area contributed by atoms with Crippen LogP contribution in [0.15, 0.2) is 97.2 Å². The zero-order valence-electron chi connectivity index (χ0n) is 51.4. The van der Waals surface area contributed by atoms with Crippen molar-refractivity contribution in [2.24, 2.45) is 0 Å². The molecule has 0 bridgehead atoms. The van der Waals surface area contributed by atoms with E-state index in [1.165, 1.54) is 167 Å². The third-order valence-corrected chi connectivity index (χ3v) is 14.3. The van der Waals surface area contributed by atoms with Gasteiger partial charge in [0.05, 0.1) is 0 Å². The Kier molecular flexibility index (Phi) is 62.7. The zero-order valence-corrected chi connectivity index (χ0v) is 51.4. The summed E-state index contributed by atoms with van der Waals surface area (Å²) in [6.07, 6.45) is 88.4. The predicted molar refractivity (Wildman–Crippen MR) is 339 cm³/mol. The number of unbranched alkanes of at least 4 members (excludes halogenated alkanes) is 33. The van der Waals surface area contributed by atoms with Gasteiger partial charge in [0.15, 0.2) is 6.10 Å². The number of hydrogen-bond donors (Lipinski definition) is 0.